The lowest BCUT2D eigenvalue weighted by molar-refractivity contribution is 0.183. The van der Waals surface area contributed by atoms with Crippen LogP contribution < -0.4 is 19.7 Å². The maximum atomic E-state index is 9.95. The Kier molecular flexibility index (Phi) is 4.50. The number of aliphatic hydroxyl groups excluding tert-OH is 1. The van der Waals surface area contributed by atoms with Crippen molar-refractivity contribution < 1.29 is 14.6 Å². The molecule has 5 heteroatoms. The van der Waals surface area contributed by atoms with Crippen molar-refractivity contribution in [2.75, 3.05) is 38.8 Å². The summed E-state index contributed by atoms with van der Waals surface area (Å²) in [6.07, 6.45) is -0.388. The highest BCUT2D eigenvalue weighted by molar-refractivity contribution is 5.62. The van der Waals surface area contributed by atoms with E-state index in [0.717, 1.165) is 23.7 Å². The number of β-amino-alcohol motifs (C(OH)–C–C–N with tert-alkyl or cyclic N) is 1. The van der Waals surface area contributed by atoms with Crippen molar-refractivity contribution in [1.29, 1.82) is 0 Å². The molecule has 2 unspecified atom stereocenters. The van der Waals surface area contributed by atoms with Gasteiger partial charge in [0.25, 0.3) is 0 Å². The Labute approximate surface area is 114 Å². The summed E-state index contributed by atoms with van der Waals surface area (Å²) < 4.78 is 10.7. The average Bonchev–Trinajstić information content (AvgIpc) is 2.59. The monoisotopic (exact) mass is 266 g/mol. The summed E-state index contributed by atoms with van der Waals surface area (Å²) in [6.45, 7) is 4.13. The van der Waals surface area contributed by atoms with E-state index in [1.54, 1.807) is 14.2 Å². The van der Waals surface area contributed by atoms with Crippen LogP contribution in [0.25, 0.3) is 0 Å². The van der Waals surface area contributed by atoms with E-state index >= 15 is 0 Å². The Balaban J connectivity index is 2.31. The normalized spacial score (nSPS) is 23.9. The number of nitrogens with zero attached hydrogens (tertiary/aromatic N) is 1. The quantitative estimate of drug-likeness (QED) is 0.850. The molecule has 1 aromatic rings. The van der Waals surface area contributed by atoms with E-state index in [1.807, 2.05) is 18.2 Å². The lowest BCUT2D eigenvalue weighted by atomic mass is 10.2. The first-order valence-corrected chi connectivity index (χ1v) is 6.52. The van der Waals surface area contributed by atoms with Gasteiger partial charge in [0.15, 0.2) is 0 Å². The highest BCUT2D eigenvalue weighted by atomic mass is 16.5. The van der Waals surface area contributed by atoms with Gasteiger partial charge in [-0.05, 0) is 19.1 Å². The van der Waals surface area contributed by atoms with Crippen molar-refractivity contribution >= 4 is 5.69 Å². The van der Waals surface area contributed by atoms with E-state index in [4.69, 9.17) is 9.47 Å². The molecule has 1 saturated heterocycles. The minimum atomic E-state index is -0.388. The number of ether oxygens (including phenoxy) is 2. The number of anilines is 1. The zero-order valence-electron chi connectivity index (χ0n) is 11.7. The molecule has 106 valence electrons. The first kappa shape index (κ1) is 14.0. The van der Waals surface area contributed by atoms with Gasteiger partial charge >= 0.3 is 0 Å². The maximum absolute atomic E-state index is 9.95. The van der Waals surface area contributed by atoms with Crippen LogP contribution in [0.2, 0.25) is 0 Å². The zero-order chi connectivity index (χ0) is 13.8. The summed E-state index contributed by atoms with van der Waals surface area (Å²) in [6, 6.07) is 6.03. The number of nitrogens with one attached hydrogen (secondary N) is 1. The molecule has 1 aliphatic heterocycles. The molecule has 0 saturated carbocycles. The van der Waals surface area contributed by atoms with Crippen LogP contribution in [0, 0.1) is 0 Å². The zero-order valence-corrected chi connectivity index (χ0v) is 11.7. The molecule has 0 aromatic heterocycles. The van der Waals surface area contributed by atoms with Crippen molar-refractivity contribution in [3.8, 4) is 11.5 Å². The molecule has 1 fully saturated rings. The second-order valence-electron chi connectivity index (χ2n) is 4.91. The van der Waals surface area contributed by atoms with Crippen molar-refractivity contribution in [3.05, 3.63) is 18.2 Å². The molecule has 2 atom stereocenters. The highest BCUT2D eigenvalue weighted by Gasteiger charge is 2.22. The minimum absolute atomic E-state index is 0.313. The van der Waals surface area contributed by atoms with Crippen LogP contribution in [0.1, 0.15) is 6.92 Å². The molecule has 0 bridgehead atoms. The molecule has 1 heterocycles. The van der Waals surface area contributed by atoms with Crippen LogP contribution >= 0.6 is 0 Å². The number of aliphatic hydroxyl groups is 1. The van der Waals surface area contributed by atoms with Gasteiger partial charge in [-0.3, -0.25) is 0 Å². The fourth-order valence-electron chi connectivity index (χ4n) is 2.37. The standard InChI is InChI=1S/C14H22N2O3/c1-10-8-16(9-11(17)7-15-10)13-6-12(18-2)4-5-14(13)19-3/h4-6,10-11,15,17H,7-9H2,1-3H3. The first-order chi connectivity index (χ1) is 9.13. The van der Waals surface area contributed by atoms with Crippen molar-refractivity contribution in [1.82, 2.24) is 5.32 Å². The smallest absolute Gasteiger partial charge is 0.142 e. The van der Waals surface area contributed by atoms with Gasteiger partial charge in [-0.2, -0.15) is 0 Å². The predicted molar refractivity (Wildman–Crippen MR) is 75.2 cm³/mol. The Morgan fingerprint density at radius 1 is 1.26 bits per heavy atom. The van der Waals surface area contributed by atoms with Crippen molar-refractivity contribution in [2.45, 2.75) is 19.1 Å². The average molecular weight is 266 g/mol. The molecule has 1 aliphatic rings. The van der Waals surface area contributed by atoms with Gasteiger partial charge in [0.05, 0.1) is 26.0 Å². The van der Waals surface area contributed by atoms with E-state index in [9.17, 15) is 5.11 Å². The van der Waals surface area contributed by atoms with Gasteiger partial charge in [-0.15, -0.1) is 0 Å². The molecule has 2 rings (SSSR count). The summed E-state index contributed by atoms with van der Waals surface area (Å²) >= 11 is 0. The third-order valence-electron chi connectivity index (χ3n) is 3.35. The lowest BCUT2D eigenvalue weighted by Gasteiger charge is -2.27. The molecule has 0 spiro atoms. The molecular weight excluding hydrogens is 244 g/mol. The van der Waals surface area contributed by atoms with Crippen LogP contribution in [-0.2, 0) is 0 Å². The third-order valence-corrected chi connectivity index (χ3v) is 3.35. The number of methoxy groups -OCH3 is 2. The van der Waals surface area contributed by atoms with E-state index in [0.29, 0.717) is 19.1 Å². The Bertz CT molecular complexity index is 413. The van der Waals surface area contributed by atoms with E-state index in [1.165, 1.54) is 0 Å². The fourth-order valence-corrected chi connectivity index (χ4v) is 2.37. The number of hydrogen-bond donors (Lipinski definition) is 2. The Hall–Kier alpha value is -1.46. The molecule has 1 aromatic carbocycles. The lowest BCUT2D eigenvalue weighted by Crippen LogP contribution is -2.35. The Morgan fingerprint density at radius 2 is 2.05 bits per heavy atom. The van der Waals surface area contributed by atoms with Crippen LogP contribution in [-0.4, -0.2) is 51.1 Å². The molecule has 5 nitrogen and oxygen atoms in total. The SMILES string of the molecule is COc1ccc(OC)c(N2CC(O)CNC(C)C2)c1. The molecule has 0 radical (unpaired) electrons. The van der Waals surface area contributed by atoms with Gasteiger partial charge in [-0.25, -0.2) is 0 Å². The fraction of sp³-hybridized carbons (Fsp3) is 0.571. The number of benzene rings is 1. The molecule has 0 amide bonds. The van der Waals surface area contributed by atoms with Crippen LogP contribution in [0.3, 0.4) is 0 Å². The van der Waals surface area contributed by atoms with E-state index in [-0.39, 0.29) is 6.10 Å². The van der Waals surface area contributed by atoms with Gasteiger partial charge in [0.1, 0.15) is 11.5 Å². The summed E-state index contributed by atoms with van der Waals surface area (Å²) in [5.41, 5.74) is 0.955. The predicted octanol–water partition coefficient (Wildman–Crippen LogP) is 0.863. The van der Waals surface area contributed by atoms with E-state index < -0.39 is 0 Å². The largest absolute Gasteiger partial charge is 0.497 e. The molecule has 0 aliphatic carbocycles. The maximum Gasteiger partial charge on any atom is 0.142 e. The van der Waals surface area contributed by atoms with Gasteiger partial charge in [0.2, 0.25) is 0 Å². The van der Waals surface area contributed by atoms with Crippen molar-refractivity contribution in [3.63, 3.8) is 0 Å². The molecule has 19 heavy (non-hydrogen) atoms. The highest BCUT2D eigenvalue weighted by Crippen LogP contribution is 2.32. The third kappa shape index (κ3) is 3.30. The number of rotatable bonds is 3. The second kappa shape index (κ2) is 6.12. The van der Waals surface area contributed by atoms with Crippen LogP contribution in [0.5, 0.6) is 11.5 Å². The minimum Gasteiger partial charge on any atom is -0.497 e. The van der Waals surface area contributed by atoms with Gasteiger partial charge in [0, 0.05) is 31.7 Å². The summed E-state index contributed by atoms with van der Waals surface area (Å²) in [4.78, 5) is 2.14. The first-order valence-electron chi connectivity index (χ1n) is 6.52. The number of hydrogen-bond acceptors (Lipinski definition) is 5. The van der Waals surface area contributed by atoms with Gasteiger partial charge < -0.3 is 24.8 Å². The van der Waals surface area contributed by atoms with Gasteiger partial charge in [-0.1, -0.05) is 0 Å². The summed E-state index contributed by atoms with van der Waals surface area (Å²) in [7, 11) is 3.30. The summed E-state index contributed by atoms with van der Waals surface area (Å²) in [5, 5.41) is 13.2. The van der Waals surface area contributed by atoms with Crippen LogP contribution in [0.4, 0.5) is 5.69 Å². The second-order valence-corrected chi connectivity index (χ2v) is 4.91. The Morgan fingerprint density at radius 3 is 2.74 bits per heavy atom. The van der Waals surface area contributed by atoms with E-state index in [2.05, 4.69) is 17.1 Å². The van der Waals surface area contributed by atoms with Crippen LogP contribution in [0.15, 0.2) is 18.2 Å². The summed E-state index contributed by atoms with van der Waals surface area (Å²) in [5.74, 6) is 1.58. The molecular formula is C14H22N2O3. The molecule has 2 N–H and O–H groups in total. The van der Waals surface area contributed by atoms with Crippen molar-refractivity contribution in [2.24, 2.45) is 0 Å². The topological polar surface area (TPSA) is 54.0 Å².